The summed E-state index contributed by atoms with van der Waals surface area (Å²) in [5.74, 6) is 5.22. The number of sulfonamides is 1. The van der Waals surface area contributed by atoms with E-state index in [4.69, 9.17) is 9.84 Å². The van der Waals surface area contributed by atoms with Crippen molar-refractivity contribution < 1.29 is 18.3 Å². The fourth-order valence-corrected chi connectivity index (χ4v) is 2.85. The van der Waals surface area contributed by atoms with Crippen LogP contribution in [0.5, 0.6) is 0 Å². The van der Waals surface area contributed by atoms with Crippen LogP contribution in [-0.4, -0.2) is 38.9 Å². The topological polar surface area (TPSA) is 75.6 Å². The molecular formula is C15H21NO4S. The number of hydrogen-bond acceptors (Lipinski definition) is 4. The minimum Gasteiger partial charge on any atom is -0.384 e. The number of aliphatic hydroxyl groups excluding tert-OH is 1. The molecule has 0 aliphatic carbocycles. The van der Waals surface area contributed by atoms with E-state index in [2.05, 4.69) is 16.6 Å². The first kappa shape index (κ1) is 17.7. The lowest BCUT2D eigenvalue weighted by molar-refractivity contribution is -0.00515. The van der Waals surface area contributed by atoms with Crippen molar-refractivity contribution in [2.24, 2.45) is 0 Å². The van der Waals surface area contributed by atoms with E-state index in [0.717, 1.165) is 0 Å². The fraction of sp³-hybridized carbons (Fsp3) is 0.467. The monoisotopic (exact) mass is 311 g/mol. The van der Waals surface area contributed by atoms with Gasteiger partial charge in [-0.25, -0.2) is 13.1 Å². The van der Waals surface area contributed by atoms with Gasteiger partial charge in [-0.2, -0.15) is 0 Å². The van der Waals surface area contributed by atoms with Crippen molar-refractivity contribution in [3.05, 3.63) is 29.8 Å². The lowest BCUT2D eigenvalue weighted by Crippen LogP contribution is -2.40. The van der Waals surface area contributed by atoms with Crippen molar-refractivity contribution in [1.29, 1.82) is 0 Å². The van der Waals surface area contributed by atoms with Crippen LogP contribution in [0.1, 0.15) is 26.3 Å². The van der Waals surface area contributed by atoms with Gasteiger partial charge in [0.15, 0.2) is 0 Å². The van der Waals surface area contributed by atoms with Crippen molar-refractivity contribution in [2.45, 2.75) is 31.3 Å². The predicted octanol–water partition coefficient (Wildman–Crippen LogP) is 1.12. The molecule has 0 aliphatic heterocycles. The SMILES string of the molecule is CCOC(C)(C)CNS(=O)(=O)c1ccc(C#CCO)cc1. The minimum absolute atomic E-state index is 0.171. The Bertz CT molecular complexity index is 609. The Morgan fingerprint density at radius 3 is 2.43 bits per heavy atom. The third kappa shape index (κ3) is 5.86. The van der Waals surface area contributed by atoms with Gasteiger partial charge < -0.3 is 9.84 Å². The van der Waals surface area contributed by atoms with Gasteiger partial charge in [-0.1, -0.05) is 11.8 Å². The molecule has 21 heavy (non-hydrogen) atoms. The quantitative estimate of drug-likeness (QED) is 0.772. The summed E-state index contributed by atoms with van der Waals surface area (Å²) in [4.78, 5) is 0.171. The zero-order valence-electron chi connectivity index (χ0n) is 12.5. The average Bonchev–Trinajstić information content (AvgIpc) is 2.44. The molecule has 0 unspecified atom stereocenters. The van der Waals surface area contributed by atoms with Crippen LogP contribution in [0.15, 0.2) is 29.2 Å². The molecule has 0 spiro atoms. The van der Waals surface area contributed by atoms with Crippen LogP contribution < -0.4 is 4.72 Å². The zero-order valence-corrected chi connectivity index (χ0v) is 13.3. The smallest absolute Gasteiger partial charge is 0.240 e. The Balaban J connectivity index is 2.79. The van der Waals surface area contributed by atoms with Gasteiger partial charge in [-0.15, -0.1) is 0 Å². The number of hydrogen-bond donors (Lipinski definition) is 2. The largest absolute Gasteiger partial charge is 0.384 e. The molecule has 0 saturated carbocycles. The van der Waals surface area contributed by atoms with Gasteiger partial charge in [0.2, 0.25) is 10.0 Å². The van der Waals surface area contributed by atoms with E-state index < -0.39 is 15.6 Å². The first-order valence-corrected chi connectivity index (χ1v) is 8.12. The summed E-state index contributed by atoms with van der Waals surface area (Å²) in [6.45, 7) is 6.00. The second kappa shape index (κ2) is 7.57. The Labute approximate surface area is 126 Å². The molecule has 1 aromatic rings. The Hall–Kier alpha value is -1.39. The summed E-state index contributed by atoms with van der Waals surface area (Å²) in [6, 6.07) is 6.17. The highest BCUT2D eigenvalue weighted by molar-refractivity contribution is 7.89. The van der Waals surface area contributed by atoms with Crippen LogP contribution in [0.25, 0.3) is 0 Å². The van der Waals surface area contributed by atoms with Gasteiger partial charge in [0.25, 0.3) is 0 Å². The molecule has 0 aliphatic rings. The normalized spacial score (nSPS) is 11.8. The summed E-state index contributed by atoms with van der Waals surface area (Å²) < 4.78 is 32.3. The second-order valence-corrected chi connectivity index (χ2v) is 6.77. The number of benzene rings is 1. The molecule has 5 nitrogen and oxygen atoms in total. The molecular weight excluding hydrogens is 290 g/mol. The maximum Gasteiger partial charge on any atom is 0.240 e. The van der Waals surface area contributed by atoms with Gasteiger partial charge in [0.1, 0.15) is 6.61 Å². The predicted molar refractivity (Wildman–Crippen MR) is 81.3 cm³/mol. The van der Waals surface area contributed by atoms with E-state index in [0.29, 0.717) is 12.2 Å². The molecule has 1 aromatic carbocycles. The summed E-state index contributed by atoms with van der Waals surface area (Å²) in [5.41, 5.74) is 0.0894. The van der Waals surface area contributed by atoms with E-state index in [-0.39, 0.29) is 18.0 Å². The van der Waals surface area contributed by atoms with Crippen LogP contribution in [-0.2, 0) is 14.8 Å². The van der Waals surface area contributed by atoms with Crippen LogP contribution in [0.4, 0.5) is 0 Å². The molecule has 1 rings (SSSR count). The Kier molecular flexibility index (Phi) is 6.37. The first-order chi connectivity index (χ1) is 9.80. The first-order valence-electron chi connectivity index (χ1n) is 6.64. The third-order valence-corrected chi connectivity index (χ3v) is 4.12. The second-order valence-electron chi connectivity index (χ2n) is 5.00. The zero-order chi connectivity index (χ0) is 15.9. The van der Waals surface area contributed by atoms with Crippen LogP contribution >= 0.6 is 0 Å². The van der Waals surface area contributed by atoms with Crippen molar-refractivity contribution in [3.63, 3.8) is 0 Å². The molecule has 6 heteroatoms. The van der Waals surface area contributed by atoms with Gasteiger partial charge in [0, 0.05) is 18.7 Å². The molecule has 0 saturated heterocycles. The molecule has 0 bridgehead atoms. The lowest BCUT2D eigenvalue weighted by Gasteiger charge is -2.24. The lowest BCUT2D eigenvalue weighted by atomic mass is 10.1. The standard InChI is InChI=1S/C15H21NO4S/c1-4-20-15(2,3)12-16-21(18,19)14-9-7-13(8-10-14)6-5-11-17/h7-10,16-17H,4,11-12H2,1-3H3. The van der Waals surface area contributed by atoms with E-state index in [9.17, 15) is 8.42 Å². The third-order valence-electron chi connectivity index (χ3n) is 2.70. The average molecular weight is 311 g/mol. The molecule has 0 heterocycles. The van der Waals surface area contributed by atoms with Gasteiger partial charge >= 0.3 is 0 Å². The number of ether oxygens (including phenoxy) is 1. The number of aliphatic hydroxyl groups is 1. The molecule has 0 atom stereocenters. The van der Waals surface area contributed by atoms with E-state index in [1.165, 1.54) is 12.1 Å². The van der Waals surface area contributed by atoms with Gasteiger partial charge in [0.05, 0.1) is 10.5 Å². The summed E-state index contributed by atoms with van der Waals surface area (Å²) in [5, 5.41) is 8.61. The maximum atomic E-state index is 12.2. The highest BCUT2D eigenvalue weighted by Crippen LogP contribution is 2.13. The highest BCUT2D eigenvalue weighted by atomic mass is 32.2. The maximum absolute atomic E-state index is 12.2. The molecule has 116 valence electrons. The Morgan fingerprint density at radius 1 is 1.29 bits per heavy atom. The van der Waals surface area contributed by atoms with Gasteiger partial charge in [-0.05, 0) is 45.0 Å². The van der Waals surface area contributed by atoms with Crippen molar-refractivity contribution in [2.75, 3.05) is 19.8 Å². The van der Waals surface area contributed by atoms with Crippen molar-refractivity contribution >= 4 is 10.0 Å². The van der Waals surface area contributed by atoms with Gasteiger partial charge in [-0.3, -0.25) is 0 Å². The number of rotatable bonds is 6. The van der Waals surface area contributed by atoms with Crippen molar-refractivity contribution in [3.8, 4) is 11.8 Å². The fourth-order valence-electron chi connectivity index (χ4n) is 1.65. The summed E-state index contributed by atoms with van der Waals surface area (Å²) >= 11 is 0. The van der Waals surface area contributed by atoms with Crippen LogP contribution in [0.2, 0.25) is 0 Å². The van der Waals surface area contributed by atoms with E-state index in [1.54, 1.807) is 12.1 Å². The molecule has 0 fully saturated rings. The summed E-state index contributed by atoms with van der Waals surface area (Å²) in [7, 11) is -3.58. The minimum atomic E-state index is -3.58. The molecule has 2 N–H and O–H groups in total. The van der Waals surface area contributed by atoms with Crippen molar-refractivity contribution in [1.82, 2.24) is 4.72 Å². The summed E-state index contributed by atoms with van der Waals surface area (Å²) in [6.07, 6.45) is 0. The molecule has 0 aromatic heterocycles. The Morgan fingerprint density at radius 2 is 1.90 bits per heavy atom. The van der Waals surface area contributed by atoms with E-state index in [1.807, 2.05) is 20.8 Å². The molecule has 0 amide bonds. The molecule has 0 radical (unpaired) electrons. The van der Waals surface area contributed by atoms with Crippen LogP contribution in [0.3, 0.4) is 0 Å². The van der Waals surface area contributed by atoms with Crippen LogP contribution in [0, 0.1) is 11.8 Å². The number of nitrogens with one attached hydrogen (secondary N) is 1. The van der Waals surface area contributed by atoms with E-state index >= 15 is 0 Å². The highest BCUT2D eigenvalue weighted by Gasteiger charge is 2.22.